The number of thiophene rings is 1. The summed E-state index contributed by atoms with van der Waals surface area (Å²) >= 11 is 2.28. The molecule has 17 heavy (non-hydrogen) atoms. The zero-order chi connectivity index (χ0) is 13.2. The molecular formula is C8H12N2O4S3. The van der Waals surface area contributed by atoms with E-state index in [9.17, 15) is 13.2 Å². The molecule has 0 aliphatic carbocycles. The standard InChI is InChI=1S/C8H12N2O4S3/c1-10(2)7(11)5-4-6(8(15-3)16-5)17(13,14)9-12/h4,9,12H,1-3H3. The van der Waals surface area contributed by atoms with Crippen LogP contribution in [0.25, 0.3) is 0 Å². The van der Waals surface area contributed by atoms with Crippen molar-refractivity contribution in [1.29, 1.82) is 0 Å². The largest absolute Gasteiger partial charge is 0.344 e. The Hall–Kier alpha value is -0.610. The van der Waals surface area contributed by atoms with E-state index in [1.54, 1.807) is 20.4 Å². The van der Waals surface area contributed by atoms with Crippen LogP contribution in [-0.2, 0) is 10.0 Å². The van der Waals surface area contributed by atoms with Crippen molar-refractivity contribution < 1.29 is 18.4 Å². The first kappa shape index (κ1) is 14.5. The molecule has 0 aliphatic heterocycles. The van der Waals surface area contributed by atoms with Gasteiger partial charge in [-0.3, -0.25) is 4.79 Å². The quantitative estimate of drug-likeness (QED) is 0.635. The summed E-state index contributed by atoms with van der Waals surface area (Å²) in [5.74, 6) is -0.273. The van der Waals surface area contributed by atoms with Crippen LogP contribution in [0, 0.1) is 0 Å². The van der Waals surface area contributed by atoms with Crippen LogP contribution in [0.2, 0.25) is 0 Å². The van der Waals surface area contributed by atoms with Crippen molar-refractivity contribution in [1.82, 2.24) is 9.79 Å². The molecule has 0 saturated carbocycles. The van der Waals surface area contributed by atoms with Gasteiger partial charge in [-0.25, -0.2) is 8.42 Å². The summed E-state index contributed by atoms with van der Waals surface area (Å²) in [4.78, 5) is 14.5. The van der Waals surface area contributed by atoms with Gasteiger partial charge in [-0.2, -0.15) is 0 Å². The van der Waals surface area contributed by atoms with E-state index < -0.39 is 10.0 Å². The van der Waals surface area contributed by atoms with Crippen LogP contribution >= 0.6 is 23.1 Å². The number of nitrogens with zero attached hydrogens (tertiary/aromatic N) is 1. The normalized spacial score (nSPS) is 11.5. The molecular weight excluding hydrogens is 284 g/mol. The number of hydrogen-bond acceptors (Lipinski definition) is 6. The van der Waals surface area contributed by atoms with Gasteiger partial charge in [-0.05, 0) is 12.3 Å². The zero-order valence-electron chi connectivity index (χ0n) is 9.42. The fraction of sp³-hybridized carbons (Fsp3) is 0.375. The first-order chi connectivity index (χ1) is 7.83. The third-order valence-corrected chi connectivity index (χ3v) is 5.54. The van der Waals surface area contributed by atoms with Gasteiger partial charge in [0.25, 0.3) is 15.9 Å². The maximum absolute atomic E-state index is 11.7. The van der Waals surface area contributed by atoms with Crippen molar-refractivity contribution in [2.75, 3.05) is 20.4 Å². The van der Waals surface area contributed by atoms with Gasteiger partial charge in [0, 0.05) is 14.1 Å². The SMILES string of the molecule is CSc1sc(C(=O)N(C)C)cc1S(=O)(=O)NO. The predicted molar refractivity (Wildman–Crippen MR) is 66.2 cm³/mol. The Morgan fingerprint density at radius 2 is 2.12 bits per heavy atom. The van der Waals surface area contributed by atoms with Crippen LogP contribution in [0.1, 0.15) is 9.67 Å². The minimum absolute atomic E-state index is 0.0808. The first-order valence-corrected chi connectivity index (χ1v) is 7.91. The molecule has 1 aromatic rings. The number of nitrogens with one attached hydrogen (secondary N) is 1. The summed E-state index contributed by atoms with van der Waals surface area (Å²) < 4.78 is 23.4. The molecule has 9 heteroatoms. The Labute approximate surface area is 108 Å². The van der Waals surface area contributed by atoms with Crippen LogP contribution in [0.4, 0.5) is 0 Å². The highest BCUT2D eigenvalue weighted by Crippen LogP contribution is 2.34. The third kappa shape index (κ3) is 2.99. The van der Waals surface area contributed by atoms with E-state index in [2.05, 4.69) is 0 Å². The number of carbonyl (C=O) groups is 1. The molecule has 6 nitrogen and oxygen atoms in total. The van der Waals surface area contributed by atoms with E-state index in [4.69, 9.17) is 5.21 Å². The minimum atomic E-state index is -3.95. The van der Waals surface area contributed by atoms with E-state index in [0.29, 0.717) is 9.09 Å². The molecule has 2 N–H and O–H groups in total. The van der Waals surface area contributed by atoms with Crippen LogP contribution in [0.15, 0.2) is 15.2 Å². The van der Waals surface area contributed by atoms with Gasteiger partial charge in [0.1, 0.15) is 4.90 Å². The highest BCUT2D eigenvalue weighted by atomic mass is 32.2. The van der Waals surface area contributed by atoms with E-state index in [1.165, 1.54) is 27.6 Å². The lowest BCUT2D eigenvalue weighted by Crippen LogP contribution is -2.21. The second kappa shape index (κ2) is 5.36. The summed E-state index contributed by atoms with van der Waals surface area (Å²) in [5.41, 5.74) is 0. The van der Waals surface area contributed by atoms with Crippen LogP contribution in [0.3, 0.4) is 0 Å². The number of thioether (sulfide) groups is 1. The van der Waals surface area contributed by atoms with Gasteiger partial charge >= 0.3 is 0 Å². The molecule has 0 bridgehead atoms. The lowest BCUT2D eigenvalue weighted by atomic mass is 10.4. The molecule has 0 radical (unpaired) electrons. The molecule has 1 aromatic heterocycles. The molecule has 1 heterocycles. The number of amides is 1. The maximum atomic E-state index is 11.7. The monoisotopic (exact) mass is 296 g/mol. The number of rotatable bonds is 4. The van der Waals surface area contributed by atoms with Crippen LogP contribution in [-0.4, -0.2) is 44.8 Å². The molecule has 1 amide bonds. The summed E-state index contributed by atoms with van der Waals surface area (Å²) in [7, 11) is -0.790. The van der Waals surface area contributed by atoms with Gasteiger partial charge in [-0.15, -0.1) is 23.1 Å². The maximum Gasteiger partial charge on any atom is 0.264 e. The van der Waals surface area contributed by atoms with E-state index in [0.717, 1.165) is 11.3 Å². The fourth-order valence-corrected chi connectivity index (χ4v) is 4.43. The van der Waals surface area contributed by atoms with Crippen molar-refractivity contribution >= 4 is 39.0 Å². The van der Waals surface area contributed by atoms with E-state index in [1.807, 2.05) is 0 Å². The predicted octanol–water partition coefficient (Wildman–Crippen LogP) is 0.839. The Balaban J connectivity index is 3.30. The second-order valence-corrected chi connectivity index (χ2v) is 7.02. The highest BCUT2D eigenvalue weighted by molar-refractivity contribution is 8.01. The van der Waals surface area contributed by atoms with Crippen LogP contribution in [0.5, 0.6) is 0 Å². The summed E-state index contributed by atoms with van der Waals surface area (Å²) in [5, 5.41) is 8.59. The third-order valence-electron chi connectivity index (χ3n) is 1.88. The van der Waals surface area contributed by atoms with Crippen molar-refractivity contribution in [3.05, 3.63) is 10.9 Å². The summed E-state index contributed by atoms with van der Waals surface area (Å²) in [6.07, 6.45) is 1.70. The Kier molecular flexibility index (Phi) is 4.55. The summed E-state index contributed by atoms with van der Waals surface area (Å²) in [6.45, 7) is 0. The topological polar surface area (TPSA) is 86.7 Å². The lowest BCUT2D eigenvalue weighted by molar-refractivity contribution is 0.0832. The van der Waals surface area contributed by atoms with Crippen molar-refractivity contribution in [2.45, 2.75) is 9.10 Å². The van der Waals surface area contributed by atoms with Crippen molar-refractivity contribution in [3.63, 3.8) is 0 Å². The number of hydrogen-bond donors (Lipinski definition) is 2. The molecule has 0 aliphatic rings. The molecule has 0 aromatic carbocycles. The highest BCUT2D eigenvalue weighted by Gasteiger charge is 2.24. The smallest absolute Gasteiger partial charge is 0.264 e. The molecule has 0 spiro atoms. The lowest BCUT2D eigenvalue weighted by Gasteiger charge is -2.06. The molecule has 0 atom stereocenters. The first-order valence-electron chi connectivity index (χ1n) is 4.39. The zero-order valence-corrected chi connectivity index (χ0v) is 11.9. The number of carbonyl (C=O) groups excluding carboxylic acids is 1. The average molecular weight is 296 g/mol. The van der Waals surface area contributed by atoms with Gasteiger partial charge < -0.3 is 10.1 Å². The molecule has 1 rings (SSSR count). The van der Waals surface area contributed by atoms with E-state index in [-0.39, 0.29) is 10.8 Å². The van der Waals surface area contributed by atoms with Gasteiger partial charge in [0.15, 0.2) is 0 Å². The Morgan fingerprint density at radius 3 is 2.53 bits per heavy atom. The number of sulfonamides is 1. The average Bonchev–Trinajstić information content (AvgIpc) is 2.72. The molecule has 96 valence electrons. The van der Waals surface area contributed by atoms with E-state index >= 15 is 0 Å². The minimum Gasteiger partial charge on any atom is -0.344 e. The second-order valence-electron chi connectivity index (χ2n) is 3.26. The Bertz CT molecular complexity index is 521. The van der Waals surface area contributed by atoms with Gasteiger partial charge in [0.05, 0.1) is 9.09 Å². The van der Waals surface area contributed by atoms with Crippen molar-refractivity contribution in [2.24, 2.45) is 0 Å². The molecule has 0 unspecified atom stereocenters. The van der Waals surface area contributed by atoms with Crippen LogP contribution < -0.4 is 4.89 Å². The summed E-state index contributed by atoms with van der Waals surface area (Å²) in [6, 6.07) is 1.26. The fourth-order valence-electron chi connectivity index (χ4n) is 1.06. The molecule has 0 saturated heterocycles. The van der Waals surface area contributed by atoms with Gasteiger partial charge in [-0.1, -0.05) is 4.89 Å². The van der Waals surface area contributed by atoms with Gasteiger partial charge in [0.2, 0.25) is 0 Å². The van der Waals surface area contributed by atoms with Crippen molar-refractivity contribution in [3.8, 4) is 0 Å². The molecule has 0 fully saturated rings. The Morgan fingerprint density at radius 1 is 1.53 bits per heavy atom.